The third-order valence-corrected chi connectivity index (χ3v) is 7.76. The minimum atomic E-state index is -1.71. The van der Waals surface area contributed by atoms with Gasteiger partial charge >= 0.3 is 17.9 Å². The average Bonchev–Trinajstić information content (AvgIpc) is 3.41. The number of allylic oxidation sites excluding steroid dienone is 2. The van der Waals surface area contributed by atoms with E-state index < -0.39 is 53.1 Å². The third kappa shape index (κ3) is 6.78. The quantitative estimate of drug-likeness (QED) is 0.119. The summed E-state index contributed by atoms with van der Waals surface area (Å²) in [5, 5.41) is 10.4. The lowest BCUT2D eigenvalue weighted by Crippen LogP contribution is -2.63. The van der Waals surface area contributed by atoms with Gasteiger partial charge in [-0.15, -0.1) is 11.6 Å². The Morgan fingerprint density at radius 1 is 1.08 bits per heavy atom. The van der Waals surface area contributed by atoms with Crippen LogP contribution in [0.5, 0.6) is 0 Å². The van der Waals surface area contributed by atoms with Gasteiger partial charge in [0.2, 0.25) is 0 Å². The molecule has 2 rings (SSSR count). The fourth-order valence-corrected chi connectivity index (χ4v) is 4.56. The molecule has 0 bridgehead atoms. The van der Waals surface area contributed by atoms with Gasteiger partial charge in [-0.3, -0.25) is 4.79 Å². The van der Waals surface area contributed by atoms with Crippen molar-refractivity contribution in [2.45, 2.75) is 109 Å². The van der Waals surface area contributed by atoms with E-state index in [1.807, 2.05) is 13.8 Å². The Morgan fingerprint density at radius 2 is 1.61 bits per heavy atom. The molecule has 9 heteroatoms. The van der Waals surface area contributed by atoms with E-state index in [1.165, 1.54) is 13.8 Å². The summed E-state index contributed by atoms with van der Waals surface area (Å²) < 4.78 is 22.8. The predicted molar refractivity (Wildman–Crippen MR) is 135 cm³/mol. The zero-order chi connectivity index (χ0) is 27.6. The van der Waals surface area contributed by atoms with Crippen molar-refractivity contribution in [2.24, 2.45) is 5.92 Å². The molecule has 8 nitrogen and oxygen atoms in total. The molecule has 1 N–H and O–H groups in total. The second kappa shape index (κ2) is 11.5. The number of aliphatic hydroxyl groups is 1. The van der Waals surface area contributed by atoms with Crippen molar-refractivity contribution in [1.82, 2.24) is 0 Å². The monoisotopic (exact) mass is 526 g/mol. The Balaban J connectivity index is 2.47. The fourth-order valence-electron chi connectivity index (χ4n) is 4.24. The lowest BCUT2D eigenvalue weighted by molar-refractivity contribution is -0.202. The number of carbonyl (C=O) groups is 3. The summed E-state index contributed by atoms with van der Waals surface area (Å²) in [4.78, 5) is 37.4. The molecule has 36 heavy (non-hydrogen) atoms. The van der Waals surface area contributed by atoms with E-state index in [9.17, 15) is 19.5 Å². The highest BCUT2D eigenvalue weighted by atomic mass is 35.5. The zero-order valence-corrected chi connectivity index (χ0v) is 23.2. The molecule has 1 saturated carbocycles. The topological polar surface area (TPSA) is 112 Å². The van der Waals surface area contributed by atoms with E-state index in [-0.39, 0.29) is 18.1 Å². The smallest absolute Gasteiger partial charge is 0.333 e. The van der Waals surface area contributed by atoms with E-state index in [0.717, 1.165) is 0 Å². The van der Waals surface area contributed by atoms with Gasteiger partial charge in [-0.2, -0.15) is 0 Å². The molecule has 0 aromatic carbocycles. The van der Waals surface area contributed by atoms with E-state index in [4.69, 9.17) is 30.5 Å². The van der Waals surface area contributed by atoms with Gasteiger partial charge in [0.1, 0.15) is 17.8 Å². The number of rotatable bonds is 9. The van der Waals surface area contributed by atoms with E-state index >= 15 is 0 Å². The highest BCUT2D eigenvalue weighted by molar-refractivity contribution is 6.21. The van der Waals surface area contributed by atoms with E-state index in [2.05, 4.69) is 6.58 Å². The Morgan fingerprint density at radius 3 is 2.08 bits per heavy atom. The van der Waals surface area contributed by atoms with Gasteiger partial charge in [-0.25, -0.2) is 9.59 Å². The molecule has 1 aliphatic heterocycles. The Bertz CT molecular complexity index is 947. The van der Waals surface area contributed by atoms with Crippen molar-refractivity contribution in [3.05, 3.63) is 35.5 Å². The fraction of sp³-hybridized carbons (Fsp3) is 0.667. The third-order valence-electron chi connectivity index (χ3n) is 7.14. The van der Waals surface area contributed by atoms with Crippen molar-refractivity contribution >= 4 is 29.5 Å². The van der Waals surface area contributed by atoms with Gasteiger partial charge in [0.15, 0.2) is 6.10 Å². The molecular weight excluding hydrogens is 488 g/mol. The summed E-state index contributed by atoms with van der Waals surface area (Å²) in [5.74, 6) is -2.49. The molecule has 0 aromatic rings. The van der Waals surface area contributed by atoms with Gasteiger partial charge in [0.05, 0.1) is 17.1 Å². The van der Waals surface area contributed by atoms with Crippen LogP contribution in [0.4, 0.5) is 0 Å². The molecule has 7 atom stereocenters. The highest BCUT2D eigenvalue weighted by Crippen LogP contribution is 2.46. The van der Waals surface area contributed by atoms with Crippen molar-refractivity contribution in [3.8, 4) is 0 Å². The average molecular weight is 527 g/mol. The van der Waals surface area contributed by atoms with Gasteiger partial charge < -0.3 is 24.1 Å². The first kappa shape index (κ1) is 30.1. The van der Waals surface area contributed by atoms with Crippen LogP contribution in [0.2, 0.25) is 0 Å². The summed E-state index contributed by atoms with van der Waals surface area (Å²) >= 11 is 6.61. The number of alkyl halides is 1. The van der Waals surface area contributed by atoms with Gasteiger partial charge in [-0.05, 0) is 60.5 Å². The second-order valence-electron chi connectivity index (χ2n) is 10.3. The van der Waals surface area contributed by atoms with Crippen LogP contribution >= 0.6 is 11.6 Å². The maximum absolute atomic E-state index is 12.7. The molecular formula is C27H39ClO8. The molecule has 1 aliphatic carbocycles. The maximum atomic E-state index is 12.7. The minimum absolute atomic E-state index is 0.146. The normalized spacial score (nSPS) is 32.8. The van der Waals surface area contributed by atoms with Gasteiger partial charge in [-0.1, -0.05) is 18.7 Å². The molecule has 202 valence electrons. The second-order valence-corrected chi connectivity index (χ2v) is 10.8. The number of ether oxygens (including phenoxy) is 4. The van der Waals surface area contributed by atoms with Gasteiger partial charge in [0.25, 0.3) is 0 Å². The summed E-state index contributed by atoms with van der Waals surface area (Å²) in [5.41, 5.74) is -0.896. The van der Waals surface area contributed by atoms with Crippen LogP contribution in [0.3, 0.4) is 0 Å². The molecule has 0 spiro atoms. The Labute approximate surface area is 218 Å². The minimum Gasteiger partial charge on any atom is -0.458 e. The maximum Gasteiger partial charge on any atom is 0.333 e. The van der Waals surface area contributed by atoms with Gasteiger partial charge in [0, 0.05) is 30.4 Å². The summed E-state index contributed by atoms with van der Waals surface area (Å²) in [7, 11) is 0. The summed E-state index contributed by atoms with van der Waals surface area (Å²) in [6, 6.07) is 0. The van der Waals surface area contributed by atoms with Crippen molar-refractivity contribution < 1.29 is 38.4 Å². The first-order chi connectivity index (χ1) is 16.6. The number of hydrogen-bond acceptors (Lipinski definition) is 8. The van der Waals surface area contributed by atoms with Crippen LogP contribution < -0.4 is 0 Å². The highest BCUT2D eigenvalue weighted by Gasteiger charge is 2.57. The molecule has 2 aliphatic rings. The molecule has 1 saturated heterocycles. The molecule has 0 amide bonds. The van der Waals surface area contributed by atoms with Crippen LogP contribution in [0.15, 0.2) is 35.5 Å². The zero-order valence-electron chi connectivity index (χ0n) is 22.4. The lowest BCUT2D eigenvalue weighted by atomic mass is 9.71. The molecule has 0 radical (unpaired) electrons. The number of carbonyl (C=O) groups excluding carboxylic acids is 3. The van der Waals surface area contributed by atoms with Crippen LogP contribution in [0.25, 0.3) is 0 Å². The van der Waals surface area contributed by atoms with Crippen LogP contribution in [-0.4, -0.2) is 64.0 Å². The molecule has 0 aromatic heterocycles. The first-order valence-electron chi connectivity index (χ1n) is 12.1. The van der Waals surface area contributed by atoms with Crippen LogP contribution in [0, 0.1) is 5.92 Å². The Kier molecular flexibility index (Phi) is 9.59. The van der Waals surface area contributed by atoms with E-state index in [1.54, 1.807) is 39.8 Å². The number of epoxide rings is 1. The molecule has 7 unspecified atom stereocenters. The van der Waals surface area contributed by atoms with Crippen molar-refractivity contribution in [3.63, 3.8) is 0 Å². The lowest BCUT2D eigenvalue weighted by Gasteiger charge is -2.48. The summed E-state index contributed by atoms with van der Waals surface area (Å²) in [6.45, 7) is 17.4. The Hall–Kier alpha value is -2.16. The molecule has 1 heterocycles. The number of esters is 3. The number of hydrogen-bond donors (Lipinski definition) is 1. The van der Waals surface area contributed by atoms with Crippen molar-refractivity contribution in [1.29, 1.82) is 0 Å². The summed E-state index contributed by atoms with van der Waals surface area (Å²) in [6.07, 6.45) is 0.350. The number of halogens is 1. The SMILES string of the molecule is C=C(C(CC1OC1(C)C)OC(=O)C(C)=CC)C1CC(Cl)C(C)(O)C(OC(=O)C(C)=CC)C1OC(C)=O. The van der Waals surface area contributed by atoms with Crippen LogP contribution in [-0.2, 0) is 33.3 Å². The van der Waals surface area contributed by atoms with Crippen LogP contribution in [0.1, 0.15) is 68.2 Å². The largest absolute Gasteiger partial charge is 0.458 e. The molecule has 2 fully saturated rings. The first-order valence-corrected chi connectivity index (χ1v) is 12.6. The van der Waals surface area contributed by atoms with E-state index in [0.29, 0.717) is 23.1 Å². The predicted octanol–water partition coefficient (Wildman–Crippen LogP) is 4.18. The van der Waals surface area contributed by atoms with Crippen molar-refractivity contribution in [2.75, 3.05) is 0 Å². The standard InChI is InChI=1S/C27H39ClO8/c1-10-14(3)24(30)34-19(13-21-26(7,8)36-21)16(5)18-12-20(28)27(9,32)23(22(18)33-17(6)29)35-25(31)15(4)11-2/h10-11,18-23,32H,5,12-13H2,1-4,6-9H3.